The summed E-state index contributed by atoms with van der Waals surface area (Å²) in [5.41, 5.74) is 3.03. The van der Waals surface area contributed by atoms with Crippen LogP contribution in [0.25, 0.3) is 11.3 Å². The fourth-order valence-corrected chi connectivity index (χ4v) is 3.91. The number of amides is 1. The van der Waals surface area contributed by atoms with E-state index in [1.807, 2.05) is 23.6 Å². The lowest BCUT2D eigenvalue weighted by Gasteiger charge is -2.16. The lowest BCUT2D eigenvalue weighted by molar-refractivity contribution is -0.385. The number of carbonyl (C=O) groups is 1. The number of carbonyl (C=O) groups excluding carboxylic acids is 1. The third-order valence-corrected chi connectivity index (χ3v) is 5.51. The van der Waals surface area contributed by atoms with Crippen molar-refractivity contribution >= 4 is 33.8 Å². The van der Waals surface area contributed by atoms with Crippen LogP contribution in [-0.4, -0.2) is 28.9 Å². The van der Waals surface area contributed by atoms with Crippen molar-refractivity contribution in [2.24, 2.45) is 0 Å². The summed E-state index contributed by atoms with van der Waals surface area (Å²) in [6.07, 6.45) is 0. The van der Waals surface area contributed by atoms with E-state index >= 15 is 0 Å². The van der Waals surface area contributed by atoms with Gasteiger partial charge in [-0.1, -0.05) is 18.2 Å². The van der Waals surface area contributed by atoms with Crippen molar-refractivity contribution in [2.45, 2.75) is 20.8 Å². The van der Waals surface area contributed by atoms with Crippen LogP contribution in [0.2, 0.25) is 0 Å². The van der Waals surface area contributed by atoms with Crippen LogP contribution >= 0.6 is 11.3 Å². The van der Waals surface area contributed by atoms with Crippen molar-refractivity contribution < 1.29 is 9.72 Å². The van der Waals surface area contributed by atoms with Crippen molar-refractivity contribution in [1.82, 2.24) is 4.98 Å². The Kier molecular flexibility index (Phi) is 6.23. The third-order valence-electron chi connectivity index (χ3n) is 4.61. The summed E-state index contributed by atoms with van der Waals surface area (Å²) in [6, 6.07) is 11.9. The van der Waals surface area contributed by atoms with Crippen LogP contribution in [0.4, 0.5) is 16.5 Å². The number of nitro groups is 1. The Labute approximate surface area is 173 Å². The van der Waals surface area contributed by atoms with Crippen molar-refractivity contribution in [2.75, 3.05) is 23.3 Å². The number of hydrogen-bond acceptors (Lipinski definition) is 6. The van der Waals surface area contributed by atoms with Crippen molar-refractivity contribution in [3.8, 4) is 11.3 Å². The SMILES string of the molecule is CCN(CC)c1nc(-c2cccc(NC(=O)c3ccc(C)c([N+](=O)[O-])c3)c2)cs1. The molecule has 1 amide bonds. The molecule has 0 aliphatic carbocycles. The lowest BCUT2D eigenvalue weighted by atomic mass is 10.1. The Bertz CT molecular complexity index is 1040. The summed E-state index contributed by atoms with van der Waals surface area (Å²) >= 11 is 1.59. The lowest BCUT2D eigenvalue weighted by Crippen LogP contribution is -2.21. The Morgan fingerprint density at radius 3 is 2.66 bits per heavy atom. The highest BCUT2D eigenvalue weighted by Gasteiger charge is 2.16. The fourth-order valence-electron chi connectivity index (χ4n) is 2.94. The van der Waals surface area contributed by atoms with E-state index in [0.29, 0.717) is 11.3 Å². The fraction of sp³-hybridized carbons (Fsp3) is 0.238. The molecule has 150 valence electrons. The molecule has 0 aliphatic rings. The summed E-state index contributed by atoms with van der Waals surface area (Å²) in [6.45, 7) is 7.61. The van der Waals surface area contributed by atoms with E-state index in [-0.39, 0.29) is 11.3 Å². The Morgan fingerprint density at radius 2 is 1.97 bits per heavy atom. The highest BCUT2D eigenvalue weighted by atomic mass is 32.1. The third kappa shape index (κ3) is 4.60. The van der Waals surface area contributed by atoms with E-state index in [1.54, 1.807) is 36.5 Å². The zero-order valence-corrected chi connectivity index (χ0v) is 17.3. The molecule has 3 aromatic rings. The highest BCUT2D eigenvalue weighted by Crippen LogP contribution is 2.29. The molecule has 0 aliphatic heterocycles. The summed E-state index contributed by atoms with van der Waals surface area (Å²) in [4.78, 5) is 30.1. The largest absolute Gasteiger partial charge is 0.349 e. The molecule has 1 heterocycles. The number of nitrogens with zero attached hydrogens (tertiary/aromatic N) is 3. The molecule has 7 nitrogen and oxygen atoms in total. The van der Waals surface area contributed by atoms with Gasteiger partial charge in [-0.25, -0.2) is 4.98 Å². The molecule has 0 unspecified atom stereocenters. The molecule has 3 rings (SSSR count). The standard InChI is InChI=1S/C21H22N4O3S/c1-4-24(5-2)21-23-18(13-29-21)15-7-6-8-17(11-15)22-20(26)16-10-9-14(3)19(12-16)25(27)28/h6-13H,4-5H2,1-3H3,(H,22,26). The molecular formula is C21H22N4O3S. The van der Waals surface area contributed by atoms with Gasteiger partial charge in [0.05, 0.1) is 10.6 Å². The van der Waals surface area contributed by atoms with Gasteiger partial charge in [-0.05, 0) is 39.0 Å². The van der Waals surface area contributed by atoms with E-state index in [0.717, 1.165) is 29.5 Å². The average Bonchev–Trinajstić information content (AvgIpc) is 3.19. The summed E-state index contributed by atoms with van der Waals surface area (Å²) in [5, 5.41) is 16.9. The number of anilines is 2. The average molecular weight is 410 g/mol. The first-order valence-electron chi connectivity index (χ1n) is 9.30. The number of aryl methyl sites for hydroxylation is 1. The van der Waals surface area contributed by atoms with Crippen LogP contribution in [0.5, 0.6) is 0 Å². The molecule has 2 aromatic carbocycles. The minimum Gasteiger partial charge on any atom is -0.349 e. The van der Waals surface area contributed by atoms with Crippen LogP contribution in [0.3, 0.4) is 0 Å². The predicted molar refractivity (Wildman–Crippen MR) is 117 cm³/mol. The molecule has 1 N–H and O–H groups in total. The molecule has 29 heavy (non-hydrogen) atoms. The molecule has 8 heteroatoms. The first-order chi connectivity index (χ1) is 13.9. The quantitative estimate of drug-likeness (QED) is 0.431. The smallest absolute Gasteiger partial charge is 0.273 e. The van der Waals surface area contributed by atoms with Crippen molar-refractivity contribution in [3.63, 3.8) is 0 Å². The Balaban J connectivity index is 1.81. The van der Waals surface area contributed by atoms with Gasteiger partial charge in [-0.15, -0.1) is 11.3 Å². The minimum absolute atomic E-state index is 0.0715. The van der Waals surface area contributed by atoms with E-state index in [9.17, 15) is 14.9 Å². The summed E-state index contributed by atoms with van der Waals surface area (Å²) in [7, 11) is 0. The van der Waals surface area contributed by atoms with Gasteiger partial charge >= 0.3 is 0 Å². The van der Waals surface area contributed by atoms with Gasteiger partial charge < -0.3 is 10.2 Å². The van der Waals surface area contributed by atoms with Crippen LogP contribution in [0.1, 0.15) is 29.8 Å². The van der Waals surface area contributed by atoms with Crippen LogP contribution in [0.15, 0.2) is 47.8 Å². The monoisotopic (exact) mass is 410 g/mol. The minimum atomic E-state index is -0.484. The van der Waals surface area contributed by atoms with E-state index < -0.39 is 10.8 Å². The van der Waals surface area contributed by atoms with E-state index in [4.69, 9.17) is 4.98 Å². The topological polar surface area (TPSA) is 88.4 Å². The van der Waals surface area contributed by atoms with Gasteiger partial charge in [0, 0.05) is 46.9 Å². The zero-order valence-electron chi connectivity index (χ0n) is 16.5. The molecule has 0 saturated carbocycles. The summed E-state index contributed by atoms with van der Waals surface area (Å²) in [5.74, 6) is -0.396. The number of benzene rings is 2. The van der Waals surface area contributed by atoms with Gasteiger partial charge in [0.25, 0.3) is 11.6 Å². The summed E-state index contributed by atoms with van der Waals surface area (Å²) < 4.78 is 0. The second-order valence-electron chi connectivity index (χ2n) is 6.48. The van der Waals surface area contributed by atoms with Crippen LogP contribution in [0, 0.1) is 17.0 Å². The van der Waals surface area contributed by atoms with Crippen LogP contribution in [-0.2, 0) is 0 Å². The maximum atomic E-state index is 12.6. The number of aromatic nitrogens is 1. The predicted octanol–water partition coefficient (Wildman–Crippen LogP) is 5.13. The number of nitro benzene ring substituents is 1. The second-order valence-corrected chi connectivity index (χ2v) is 7.32. The molecular weight excluding hydrogens is 388 g/mol. The maximum absolute atomic E-state index is 12.6. The number of rotatable bonds is 7. The first-order valence-corrected chi connectivity index (χ1v) is 10.2. The van der Waals surface area contributed by atoms with Gasteiger partial charge in [0.2, 0.25) is 0 Å². The first kappa shape index (κ1) is 20.5. The molecule has 0 radical (unpaired) electrons. The second kappa shape index (κ2) is 8.83. The van der Waals surface area contributed by atoms with Crippen LogP contribution < -0.4 is 10.2 Å². The number of thiazole rings is 1. The maximum Gasteiger partial charge on any atom is 0.273 e. The Morgan fingerprint density at radius 1 is 1.21 bits per heavy atom. The van der Waals surface area contributed by atoms with Gasteiger partial charge in [0.15, 0.2) is 5.13 Å². The molecule has 0 saturated heterocycles. The van der Waals surface area contributed by atoms with E-state index in [2.05, 4.69) is 24.1 Å². The normalized spacial score (nSPS) is 10.6. The van der Waals surface area contributed by atoms with Crippen molar-refractivity contribution in [1.29, 1.82) is 0 Å². The number of nitrogens with one attached hydrogen (secondary N) is 1. The zero-order chi connectivity index (χ0) is 21.0. The molecule has 0 fully saturated rings. The number of hydrogen-bond donors (Lipinski definition) is 1. The molecule has 0 bridgehead atoms. The van der Waals surface area contributed by atoms with Gasteiger partial charge in [-0.2, -0.15) is 0 Å². The van der Waals surface area contributed by atoms with Gasteiger partial charge in [0.1, 0.15) is 0 Å². The highest BCUT2D eigenvalue weighted by molar-refractivity contribution is 7.14. The molecule has 0 atom stereocenters. The molecule has 0 spiro atoms. The molecule has 1 aromatic heterocycles. The van der Waals surface area contributed by atoms with E-state index in [1.165, 1.54) is 6.07 Å². The van der Waals surface area contributed by atoms with Gasteiger partial charge in [-0.3, -0.25) is 14.9 Å². The van der Waals surface area contributed by atoms with Crippen molar-refractivity contribution in [3.05, 3.63) is 69.1 Å². The Hall–Kier alpha value is -3.26.